The fraction of sp³-hybridized carbons (Fsp3) is 0.700. The first-order valence-electron chi connectivity index (χ1n) is 5.20. The molecule has 1 aliphatic carbocycles. The van der Waals surface area contributed by atoms with Crippen LogP contribution in [0.15, 0.2) is 4.60 Å². The zero-order valence-electron chi connectivity index (χ0n) is 8.00. The summed E-state index contributed by atoms with van der Waals surface area (Å²) >= 11 is 3.63. The van der Waals surface area contributed by atoms with Gasteiger partial charge in [-0.1, -0.05) is 12.8 Å². The number of rotatable bonds is 1. The molecule has 76 valence electrons. The Morgan fingerprint density at radius 2 is 2.07 bits per heavy atom. The van der Waals surface area contributed by atoms with Gasteiger partial charge in [-0.3, -0.25) is 4.68 Å². The van der Waals surface area contributed by atoms with Crippen molar-refractivity contribution in [3.8, 4) is 0 Å². The number of nitrogens with zero attached hydrogens (tertiary/aromatic N) is 2. The summed E-state index contributed by atoms with van der Waals surface area (Å²) in [5.74, 6) is 0. The molecular formula is C10H13BrN2O. The molecule has 0 spiro atoms. The minimum absolute atomic E-state index is 0.620. The average Bonchev–Trinajstić information content (AvgIpc) is 2.84. The Kier molecular flexibility index (Phi) is 2.13. The molecule has 0 atom stereocenters. The number of aromatic nitrogens is 2. The molecule has 0 amide bonds. The fourth-order valence-electron chi connectivity index (χ4n) is 2.39. The highest BCUT2D eigenvalue weighted by atomic mass is 79.9. The molecule has 3 rings (SSSR count). The number of fused-ring (bicyclic) bond motifs is 1. The molecule has 0 radical (unpaired) electrons. The first kappa shape index (κ1) is 8.92. The van der Waals surface area contributed by atoms with Gasteiger partial charge in [0.1, 0.15) is 4.60 Å². The van der Waals surface area contributed by atoms with Crippen LogP contribution >= 0.6 is 15.9 Å². The molecule has 1 fully saturated rings. The van der Waals surface area contributed by atoms with Gasteiger partial charge < -0.3 is 4.74 Å². The van der Waals surface area contributed by atoms with Gasteiger partial charge in [-0.05, 0) is 28.8 Å². The predicted molar refractivity (Wildman–Crippen MR) is 55.9 cm³/mol. The number of halogens is 1. The normalized spacial score (nSPS) is 21.8. The van der Waals surface area contributed by atoms with Gasteiger partial charge in [0.2, 0.25) is 0 Å². The molecule has 4 heteroatoms. The summed E-state index contributed by atoms with van der Waals surface area (Å²) in [5, 5.41) is 4.62. The van der Waals surface area contributed by atoms with Crippen LogP contribution < -0.4 is 0 Å². The maximum atomic E-state index is 5.35. The molecule has 14 heavy (non-hydrogen) atoms. The van der Waals surface area contributed by atoms with Crippen LogP contribution in [0.1, 0.15) is 43.0 Å². The van der Waals surface area contributed by atoms with Crippen molar-refractivity contribution in [2.24, 2.45) is 0 Å². The predicted octanol–water partition coefficient (Wildman–Crippen LogP) is 2.79. The van der Waals surface area contributed by atoms with Gasteiger partial charge >= 0.3 is 0 Å². The van der Waals surface area contributed by atoms with Gasteiger partial charge in [-0.25, -0.2) is 0 Å². The Morgan fingerprint density at radius 3 is 2.79 bits per heavy atom. The van der Waals surface area contributed by atoms with E-state index in [1.165, 1.54) is 31.2 Å². The SMILES string of the molecule is Brc1c2c(nn1C1CCCC1)COC2. The van der Waals surface area contributed by atoms with Crippen molar-refractivity contribution in [2.45, 2.75) is 44.9 Å². The van der Waals surface area contributed by atoms with E-state index < -0.39 is 0 Å². The number of hydrogen-bond donors (Lipinski definition) is 0. The van der Waals surface area contributed by atoms with Gasteiger partial charge in [0.25, 0.3) is 0 Å². The van der Waals surface area contributed by atoms with E-state index in [0.29, 0.717) is 12.6 Å². The summed E-state index contributed by atoms with van der Waals surface area (Å²) in [7, 11) is 0. The topological polar surface area (TPSA) is 27.1 Å². The molecule has 0 N–H and O–H groups in total. The quantitative estimate of drug-likeness (QED) is 0.773. The third-order valence-corrected chi connectivity index (χ3v) is 4.02. The largest absolute Gasteiger partial charge is 0.370 e. The zero-order chi connectivity index (χ0) is 9.54. The molecule has 2 aliphatic rings. The Morgan fingerprint density at radius 1 is 1.29 bits per heavy atom. The van der Waals surface area contributed by atoms with E-state index >= 15 is 0 Å². The number of hydrogen-bond acceptors (Lipinski definition) is 2. The highest BCUT2D eigenvalue weighted by Gasteiger charge is 2.26. The summed E-state index contributed by atoms with van der Waals surface area (Å²) in [6.45, 7) is 1.41. The Bertz CT molecular complexity index is 355. The van der Waals surface area contributed by atoms with Crippen LogP contribution in [0.4, 0.5) is 0 Å². The Labute approximate surface area is 91.6 Å². The van der Waals surface area contributed by atoms with Crippen molar-refractivity contribution in [1.82, 2.24) is 9.78 Å². The summed E-state index contributed by atoms with van der Waals surface area (Å²) in [5.41, 5.74) is 2.39. The summed E-state index contributed by atoms with van der Waals surface area (Å²) in [6.07, 6.45) is 5.25. The lowest BCUT2D eigenvalue weighted by Gasteiger charge is -2.11. The van der Waals surface area contributed by atoms with Crippen LogP contribution in [0, 0.1) is 0 Å². The van der Waals surface area contributed by atoms with Gasteiger partial charge in [-0.15, -0.1) is 0 Å². The lowest BCUT2D eigenvalue weighted by Crippen LogP contribution is -2.08. The van der Waals surface area contributed by atoms with Gasteiger partial charge in [-0.2, -0.15) is 5.10 Å². The van der Waals surface area contributed by atoms with Crippen LogP contribution in [0.5, 0.6) is 0 Å². The summed E-state index contributed by atoms with van der Waals surface area (Å²) < 4.78 is 8.66. The van der Waals surface area contributed by atoms with E-state index in [9.17, 15) is 0 Å². The van der Waals surface area contributed by atoms with Crippen LogP contribution in [-0.4, -0.2) is 9.78 Å². The summed E-state index contributed by atoms with van der Waals surface area (Å²) in [6, 6.07) is 0.620. The maximum Gasteiger partial charge on any atom is 0.110 e. The molecule has 0 bridgehead atoms. The van der Waals surface area contributed by atoms with E-state index in [1.807, 2.05) is 0 Å². The van der Waals surface area contributed by atoms with E-state index in [-0.39, 0.29) is 0 Å². The average molecular weight is 257 g/mol. The monoisotopic (exact) mass is 256 g/mol. The van der Waals surface area contributed by atoms with Crippen molar-refractivity contribution in [2.75, 3.05) is 0 Å². The molecular weight excluding hydrogens is 244 g/mol. The maximum absolute atomic E-state index is 5.35. The second kappa shape index (κ2) is 3.35. The second-order valence-electron chi connectivity index (χ2n) is 4.09. The lowest BCUT2D eigenvalue weighted by atomic mass is 10.2. The minimum Gasteiger partial charge on any atom is -0.370 e. The van der Waals surface area contributed by atoms with Gasteiger partial charge in [0.05, 0.1) is 24.9 Å². The Hall–Kier alpha value is -0.350. The van der Waals surface area contributed by atoms with E-state index in [0.717, 1.165) is 16.9 Å². The molecule has 2 heterocycles. The molecule has 0 unspecified atom stereocenters. The fourth-order valence-corrected chi connectivity index (χ4v) is 3.10. The minimum atomic E-state index is 0.620. The van der Waals surface area contributed by atoms with Crippen molar-refractivity contribution < 1.29 is 4.74 Å². The molecule has 1 saturated carbocycles. The third kappa shape index (κ3) is 1.24. The molecule has 1 aromatic rings. The summed E-state index contributed by atoms with van der Waals surface area (Å²) in [4.78, 5) is 0. The van der Waals surface area contributed by atoms with Crippen LogP contribution in [0.25, 0.3) is 0 Å². The Balaban J connectivity index is 1.98. The highest BCUT2D eigenvalue weighted by Crippen LogP contribution is 2.35. The lowest BCUT2D eigenvalue weighted by molar-refractivity contribution is 0.129. The second-order valence-corrected chi connectivity index (χ2v) is 4.84. The van der Waals surface area contributed by atoms with Crippen molar-refractivity contribution in [3.63, 3.8) is 0 Å². The van der Waals surface area contributed by atoms with Gasteiger partial charge in [0.15, 0.2) is 0 Å². The molecule has 0 aromatic carbocycles. The van der Waals surface area contributed by atoms with Crippen molar-refractivity contribution in [1.29, 1.82) is 0 Å². The number of ether oxygens (including phenoxy) is 1. The zero-order valence-corrected chi connectivity index (χ0v) is 9.59. The van der Waals surface area contributed by atoms with Crippen LogP contribution in [0.2, 0.25) is 0 Å². The standard InChI is InChI=1S/C10H13BrN2O/c11-10-8-5-14-6-9(8)12-13(10)7-3-1-2-4-7/h7H,1-6H2. The molecule has 1 aliphatic heterocycles. The van der Waals surface area contributed by atoms with Crippen LogP contribution in [0.3, 0.4) is 0 Å². The molecule has 0 saturated heterocycles. The highest BCUT2D eigenvalue weighted by molar-refractivity contribution is 9.10. The molecule has 3 nitrogen and oxygen atoms in total. The van der Waals surface area contributed by atoms with E-state index in [4.69, 9.17) is 4.74 Å². The van der Waals surface area contributed by atoms with Crippen LogP contribution in [-0.2, 0) is 18.0 Å². The van der Waals surface area contributed by atoms with Crippen molar-refractivity contribution in [3.05, 3.63) is 15.9 Å². The molecule has 1 aromatic heterocycles. The smallest absolute Gasteiger partial charge is 0.110 e. The van der Waals surface area contributed by atoms with Crippen molar-refractivity contribution >= 4 is 15.9 Å². The third-order valence-electron chi connectivity index (χ3n) is 3.18. The first-order chi connectivity index (χ1) is 6.86. The van der Waals surface area contributed by atoms with E-state index in [2.05, 4.69) is 25.7 Å². The van der Waals surface area contributed by atoms with E-state index in [1.54, 1.807) is 0 Å². The first-order valence-corrected chi connectivity index (χ1v) is 5.99. The van der Waals surface area contributed by atoms with Gasteiger partial charge in [0, 0.05) is 5.56 Å².